The first-order chi connectivity index (χ1) is 9.19. The molecular weight excluding hydrogens is 262 g/mol. The van der Waals surface area contributed by atoms with E-state index in [1.807, 2.05) is 24.3 Å². The van der Waals surface area contributed by atoms with Crippen molar-refractivity contribution < 1.29 is 4.74 Å². The van der Waals surface area contributed by atoms with Gasteiger partial charge in [0.05, 0.1) is 12.9 Å². The van der Waals surface area contributed by atoms with Crippen LogP contribution in [0.1, 0.15) is 11.4 Å². The van der Waals surface area contributed by atoms with Crippen LogP contribution in [0.25, 0.3) is 0 Å². The molecule has 2 aromatic rings. The van der Waals surface area contributed by atoms with E-state index in [-0.39, 0.29) is 11.9 Å². The average Bonchev–Trinajstić information content (AvgIpc) is 2.38. The largest absolute Gasteiger partial charge is 0.496 e. The molecule has 6 nitrogen and oxygen atoms in total. The van der Waals surface area contributed by atoms with Gasteiger partial charge < -0.3 is 16.2 Å². The second-order valence-corrected chi connectivity index (χ2v) is 4.76. The zero-order chi connectivity index (χ0) is 13.7. The SMILES string of the molecule is COc1ccccc1CSCc1nc(N)nc(N)n1. The second-order valence-electron chi connectivity index (χ2n) is 3.77. The summed E-state index contributed by atoms with van der Waals surface area (Å²) in [5.74, 6) is 3.19. The molecule has 1 aromatic carbocycles. The van der Waals surface area contributed by atoms with E-state index in [0.29, 0.717) is 11.6 Å². The van der Waals surface area contributed by atoms with Crippen LogP contribution in [0.5, 0.6) is 5.75 Å². The number of benzene rings is 1. The summed E-state index contributed by atoms with van der Waals surface area (Å²) in [4.78, 5) is 11.8. The van der Waals surface area contributed by atoms with Gasteiger partial charge in [-0.25, -0.2) is 0 Å². The maximum absolute atomic E-state index is 5.52. The summed E-state index contributed by atoms with van der Waals surface area (Å²) in [5, 5.41) is 0. The number of hydrogen-bond acceptors (Lipinski definition) is 7. The number of methoxy groups -OCH3 is 1. The van der Waals surface area contributed by atoms with Gasteiger partial charge in [-0.1, -0.05) is 18.2 Å². The van der Waals surface area contributed by atoms with Crippen LogP contribution in [0, 0.1) is 0 Å². The standard InChI is InChI=1S/C12H15N5OS/c1-18-9-5-3-2-4-8(9)6-19-7-10-15-11(13)17-12(14)16-10/h2-5H,6-7H2,1H3,(H4,13,14,15,16,17). The predicted octanol–water partition coefficient (Wildman–Crippen LogP) is 1.48. The van der Waals surface area contributed by atoms with Crippen molar-refractivity contribution in [3.8, 4) is 5.75 Å². The number of rotatable bonds is 5. The second kappa shape index (κ2) is 6.24. The van der Waals surface area contributed by atoms with E-state index in [1.165, 1.54) is 0 Å². The highest BCUT2D eigenvalue weighted by Crippen LogP contribution is 2.24. The number of anilines is 2. The van der Waals surface area contributed by atoms with Gasteiger partial charge in [-0.3, -0.25) is 0 Å². The quantitative estimate of drug-likeness (QED) is 0.853. The van der Waals surface area contributed by atoms with Gasteiger partial charge in [0.15, 0.2) is 0 Å². The Bertz CT molecular complexity index is 543. The highest BCUT2D eigenvalue weighted by Gasteiger charge is 2.05. The molecule has 1 heterocycles. The van der Waals surface area contributed by atoms with Crippen LogP contribution in [0.3, 0.4) is 0 Å². The number of nitrogens with two attached hydrogens (primary N) is 2. The Labute approximate surface area is 115 Å². The predicted molar refractivity (Wildman–Crippen MR) is 76.6 cm³/mol. The summed E-state index contributed by atoms with van der Waals surface area (Å²) in [7, 11) is 1.66. The molecular formula is C12H15N5OS. The van der Waals surface area contributed by atoms with E-state index >= 15 is 0 Å². The fourth-order valence-electron chi connectivity index (χ4n) is 1.60. The molecule has 19 heavy (non-hydrogen) atoms. The third-order valence-corrected chi connectivity index (χ3v) is 3.38. The topological polar surface area (TPSA) is 99.9 Å². The van der Waals surface area contributed by atoms with E-state index in [1.54, 1.807) is 18.9 Å². The Kier molecular flexibility index (Phi) is 4.40. The van der Waals surface area contributed by atoms with Crippen LogP contribution in [-0.2, 0) is 11.5 Å². The molecule has 0 spiro atoms. The van der Waals surface area contributed by atoms with Crippen LogP contribution in [0.4, 0.5) is 11.9 Å². The average molecular weight is 277 g/mol. The van der Waals surface area contributed by atoms with E-state index < -0.39 is 0 Å². The molecule has 7 heteroatoms. The lowest BCUT2D eigenvalue weighted by Gasteiger charge is -2.07. The summed E-state index contributed by atoms with van der Waals surface area (Å²) in [6.07, 6.45) is 0. The lowest BCUT2D eigenvalue weighted by atomic mass is 10.2. The summed E-state index contributed by atoms with van der Waals surface area (Å²) in [5.41, 5.74) is 12.2. The molecule has 0 amide bonds. The minimum absolute atomic E-state index is 0.153. The van der Waals surface area contributed by atoms with E-state index in [4.69, 9.17) is 16.2 Å². The van der Waals surface area contributed by atoms with Crippen molar-refractivity contribution >= 4 is 23.7 Å². The first kappa shape index (κ1) is 13.4. The molecule has 0 saturated carbocycles. The molecule has 2 rings (SSSR count). The monoisotopic (exact) mass is 277 g/mol. The molecule has 100 valence electrons. The van der Waals surface area contributed by atoms with Gasteiger partial charge in [-0.05, 0) is 6.07 Å². The van der Waals surface area contributed by atoms with Crippen molar-refractivity contribution in [1.82, 2.24) is 15.0 Å². The van der Waals surface area contributed by atoms with Crippen LogP contribution < -0.4 is 16.2 Å². The molecule has 0 fully saturated rings. The Hall–Kier alpha value is -2.02. The van der Waals surface area contributed by atoms with Crippen molar-refractivity contribution in [2.75, 3.05) is 18.6 Å². The zero-order valence-electron chi connectivity index (χ0n) is 10.5. The molecule has 0 atom stereocenters. The Balaban J connectivity index is 1.96. The maximum Gasteiger partial charge on any atom is 0.225 e. The summed E-state index contributed by atoms with van der Waals surface area (Å²) < 4.78 is 5.29. The molecule has 1 aromatic heterocycles. The Morgan fingerprint density at radius 3 is 2.42 bits per heavy atom. The smallest absolute Gasteiger partial charge is 0.225 e. The third-order valence-electron chi connectivity index (χ3n) is 2.40. The molecule has 0 aliphatic heterocycles. The molecule has 4 N–H and O–H groups in total. The summed E-state index contributed by atoms with van der Waals surface area (Å²) >= 11 is 1.66. The molecule has 0 aliphatic rings. The zero-order valence-corrected chi connectivity index (χ0v) is 11.4. The van der Waals surface area contributed by atoms with Crippen LogP contribution >= 0.6 is 11.8 Å². The number of aromatic nitrogens is 3. The number of para-hydroxylation sites is 1. The van der Waals surface area contributed by atoms with Gasteiger partial charge in [0.25, 0.3) is 0 Å². The third kappa shape index (κ3) is 3.72. The molecule has 0 radical (unpaired) electrons. The van der Waals surface area contributed by atoms with Crippen molar-refractivity contribution in [2.24, 2.45) is 0 Å². The molecule has 0 unspecified atom stereocenters. The highest BCUT2D eigenvalue weighted by atomic mass is 32.2. The number of hydrogen-bond donors (Lipinski definition) is 2. The normalized spacial score (nSPS) is 10.4. The van der Waals surface area contributed by atoms with Gasteiger partial charge in [0.1, 0.15) is 11.6 Å². The van der Waals surface area contributed by atoms with Crippen molar-refractivity contribution in [1.29, 1.82) is 0 Å². The van der Waals surface area contributed by atoms with Gasteiger partial charge in [-0.15, -0.1) is 11.8 Å². The number of nitrogens with zero attached hydrogens (tertiary/aromatic N) is 3. The van der Waals surface area contributed by atoms with Gasteiger partial charge in [0.2, 0.25) is 11.9 Å². The minimum atomic E-state index is 0.153. The first-order valence-electron chi connectivity index (χ1n) is 5.64. The van der Waals surface area contributed by atoms with Gasteiger partial charge in [0, 0.05) is 11.3 Å². The van der Waals surface area contributed by atoms with Crippen molar-refractivity contribution in [3.05, 3.63) is 35.7 Å². The molecule has 0 saturated heterocycles. The Morgan fingerprint density at radius 2 is 1.74 bits per heavy atom. The van der Waals surface area contributed by atoms with E-state index in [2.05, 4.69) is 15.0 Å². The van der Waals surface area contributed by atoms with Crippen LogP contribution in [0.2, 0.25) is 0 Å². The summed E-state index contributed by atoms with van der Waals surface area (Å²) in [6.45, 7) is 0. The highest BCUT2D eigenvalue weighted by molar-refractivity contribution is 7.97. The lowest BCUT2D eigenvalue weighted by Crippen LogP contribution is -2.06. The first-order valence-corrected chi connectivity index (χ1v) is 6.80. The van der Waals surface area contributed by atoms with E-state index in [0.717, 1.165) is 17.1 Å². The van der Waals surface area contributed by atoms with Crippen molar-refractivity contribution in [3.63, 3.8) is 0 Å². The number of thioether (sulfide) groups is 1. The minimum Gasteiger partial charge on any atom is -0.496 e. The number of nitrogen functional groups attached to an aromatic ring is 2. The summed E-state index contributed by atoms with van der Waals surface area (Å²) in [6, 6.07) is 7.90. The fraction of sp³-hybridized carbons (Fsp3) is 0.250. The number of ether oxygens (including phenoxy) is 1. The van der Waals surface area contributed by atoms with Crippen LogP contribution in [-0.4, -0.2) is 22.1 Å². The Morgan fingerprint density at radius 1 is 1.05 bits per heavy atom. The van der Waals surface area contributed by atoms with E-state index in [9.17, 15) is 0 Å². The van der Waals surface area contributed by atoms with Crippen LogP contribution in [0.15, 0.2) is 24.3 Å². The lowest BCUT2D eigenvalue weighted by molar-refractivity contribution is 0.411. The van der Waals surface area contributed by atoms with Crippen molar-refractivity contribution in [2.45, 2.75) is 11.5 Å². The molecule has 0 aliphatic carbocycles. The van der Waals surface area contributed by atoms with Gasteiger partial charge in [-0.2, -0.15) is 15.0 Å². The van der Waals surface area contributed by atoms with Gasteiger partial charge >= 0.3 is 0 Å². The fourth-order valence-corrected chi connectivity index (χ4v) is 2.47. The maximum atomic E-state index is 5.52. The molecule has 0 bridgehead atoms.